The number of rotatable bonds is 4. The van der Waals surface area contributed by atoms with Crippen LogP contribution in [0.15, 0.2) is 10.9 Å². The van der Waals surface area contributed by atoms with Crippen molar-refractivity contribution in [3.63, 3.8) is 0 Å². The third-order valence-electron chi connectivity index (χ3n) is 6.09. The molecular weight excluding hydrogens is 362 g/mol. The normalized spacial score (nSPS) is 21.7. The summed E-state index contributed by atoms with van der Waals surface area (Å²) in [5, 5.41) is 6.32. The smallest absolute Gasteiger partial charge is 0.273 e. The van der Waals surface area contributed by atoms with E-state index in [1.165, 1.54) is 16.9 Å². The van der Waals surface area contributed by atoms with Crippen LogP contribution >= 0.6 is 11.3 Å². The van der Waals surface area contributed by atoms with Gasteiger partial charge in [-0.15, -0.1) is 11.3 Å². The molecule has 0 aromatic carbocycles. The Labute approximate surface area is 163 Å². The average molecular weight is 388 g/mol. The second-order valence-corrected chi connectivity index (χ2v) is 8.16. The maximum absolute atomic E-state index is 12.8. The van der Waals surface area contributed by atoms with Crippen molar-refractivity contribution in [1.82, 2.24) is 24.6 Å². The van der Waals surface area contributed by atoms with Crippen molar-refractivity contribution in [1.29, 1.82) is 0 Å². The molecule has 144 valence electrons. The number of likely N-dealkylation sites (tertiary alicyclic amines) is 2. The Bertz CT molecular complexity index is 860. The number of hydrogen-bond acceptors (Lipinski definition) is 5. The summed E-state index contributed by atoms with van der Waals surface area (Å²) in [6.45, 7) is 8.14. The number of aromatic nitrogens is 3. The molecule has 0 radical (unpaired) electrons. The number of hydrogen-bond donors (Lipinski definition) is 0. The highest BCUT2D eigenvalue weighted by molar-refractivity contribution is 7.07. The van der Waals surface area contributed by atoms with Crippen LogP contribution in [-0.4, -0.2) is 61.6 Å². The molecule has 4 heterocycles. The van der Waals surface area contributed by atoms with Crippen molar-refractivity contribution < 1.29 is 9.59 Å². The van der Waals surface area contributed by atoms with Gasteiger partial charge in [0.25, 0.3) is 5.91 Å². The summed E-state index contributed by atoms with van der Waals surface area (Å²) in [5.41, 5.74) is 5.54. The van der Waals surface area contributed by atoms with Crippen molar-refractivity contribution in [3.05, 3.63) is 33.5 Å². The number of carbonyl (C=O) groups excluding carboxylic acids is 2. The lowest BCUT2D eigenvalue weighted by Crippen LogP contribution is -2.41. The molecule has 0 spiro atoms. The van der Waals surface area contributed by atoms with Crippen molar-refractivity contribution in [2.75, 3.05) is 13.1 Å². The Kier molecular flexibility index (Phi) is 4.75. The predicted molar refractivity (Wildman–Crippen MR) is 103 cm³/mol. The molecule has 0 aliphatic carbocycles. The summed E-state index contributed by atoms with van der Waals surface area (Å²) in [5.74, 6) is 0.159. The van der Waals surface area contributed by atoms with Gasteiger partial charge in [0, 0.05) is 37.1 Å². The maximum atomic E-state index is 12.8. The lowest BCUT2D eigenvalue weighted by Gasteiger charge is -2.25. The van der Waals surface area contributed by atoms with E-state index in [-0.39, 0.29) is 23.9 Å². The molecule has 8 heteroatoms. The molecule has 2 aromatic heterocycles. The maximum Gasteiger partial charge on any atom is 0.273 e. The molecule has 0 unspecified atom stereocenters. The second-order valence-electron chi connectivity index (χ2n) is 7.44. The van der Waals surface area contributed by atoms with E-state index in [0.29, 0.717) is 25.2 Å². The van der Waals surface area contributed by atoms with Crippen LogP contribution in [0.2, 0.25) is 0 Å². The number of carbonyl (C=O) groups is 2. The molecule has 0 saturated carbocycles. The topological polar surface area (TPSA) is 71.3 Å². The molecule has 2 aliphatic rings. The van der Waals surface area contributed by atoms with E-state index in [0.717, 1.165) is 30.8 Å². The van der Waals surface area contributed by atoms with E-state index in [1.54, 1.807) is 10.9 Å². The summed E-state index contributed by atoms with van der Waals surface area (Å²) in [6.07, 6.45) is 2.15. The van der Waals surface area contributed by atoms with Crippen molar-refractivity contribution in [3.8, 4) is 0 Å². The van der Waals surface area contributed by atoms with E-state index in [9.17, 15) is 9.59 Å². The highest BCUT2D eigenvalue weighted by atomic mass is 32.1. The average Bonchev–Trinajstić information content (AvgIpc) is 3.42. The summed E-state index contributed by atoms with van der Waals surface area (Å²) in [6, 6.07) is 0.265. The Morgan fingerprint density at radius 2 is 1.85 bits per heavy atom. The second kappa shape index (κ2) is 7.07. The first-order valence-corrected chi connectivity index (χ1v) is 10.4. The zero-order valence-corrected chi connectivity index (χ0v) is 16.8. The third-order valence-corrected chi connectivity index (χ3v) is 6.68. The highest BCUT2D eigenvalue weighted by Crippen LogP contribution is 2.33. The van der Waals surface area contributed by atoms with Gasteiger partial charge in [0.05, 0.1) is 23.3 Å². The number of thiazole rings is 1. The fourth-order valence-electron chi connectivity index (χ4n) is 4.36. The molecule has 2 amide bonds. The Hall–Kier alpha value is -2.22. The molecular formula is C19H25N5O2S. The van der Waals surface area contributed by atoms with Gasteiger partial charge in [0.2, 0.25) is 5.91 Å². The minimum Gasteiger partial charge on any atom is -0.337 e. The Morgan fingerprint density at radius 3 is 2.48 bits per heavy atom. The minimum atomic E-state index is -0.00355. The predicted octanol–water partition coefficient (Wildman–Crippen LogP) is 2.17. The highest BCUT2D eigenvalue weighted by Gasteiger charge is 2.46. The standard InChI is InChI=1S/C19H25N5O2S/c1-12-13(2)21-24(14(12)3)9-6-18(25)22-7-4-17-16(22)5-8-23(17)19(26)15-10-27-11-20-15/h10-11,16-17H,4-9H2,1-3H3/t16-,17-/m0/s1. The lowest BCUT2D eigenvalue weighted by molar-refractivity contribution is -0.132. The van der Waals surface area contributed by atoms with Gasteiger partial charge in [-0.3, -0.25) is 14.3 Å². The molecule has 4 rings (SSSR count). The van der Waals surface area contributed by atoms with Crippen LogP contribution in [0.4, 0.5) is 0 Å². The van der Waals surface area contributed by atoms with Crippen LogP contribution in [0.25, 0.3) is 0 Å². The molecule has 7 nitrogen and oxygen atoms in total. The zero-order chi connectivity index (χ0) is 19.1. The summed E-state index contributed by atoms with van der Waals surface area (Å²) in [7, 11) is 0. The van der Waals surface area contributed by atoms with E-state index in [4.69, 9.17) is 0 Å². The molecule has 2 saturated heterocycles. The monoisotopic (exact) mass is 387 g/mol. The fourth-order valence-corrected chi connectivity index (χ4v) is 4.89. The first-order valence-electron chi connectivity index (χ1n) is 9.46. The van der Waals surface area contributed by atoms with Gasteiger partial charge in [-0.2, -0.15) is 5.10 Å². The molecule has 0 N–H and O–H groups in total. The molecule has 2 aliphatic heterocycles. The largest absolute Gasteiger partial charge is 0.337 e. The summed E-state index contributed by atoms with van der Waals surface area (Å²) in [4.78, 5) is 33.5. The van der Waals surface area contributed by atoms with Crippen LogP contribution in [0.1, 0.15) is 46.7 Å². The zero-order valence-electron chi connectivity index (χ0n) is 16.0. The number of fused-ring (bicyclic) bond motifs is 1. The van der Waals surface area contributed by atoms with Gasteiger partial charge >= 0.3 is 0 Å². The van der Waals surface area contributed by atoms with E-state index in [1.807, 2.05) is 28.3 Å². The summed E-state index contributed by atoms with van der Waals surface area (Å²) >= 11 is 1.43. The van der Waals surface area contributed by atoms with Crippen LogP contribution < -0.4 is 0 Å². The van der Waals surface area contributed by atoms with E-state index < -0.39 is 0 Å². The number of aryl methyl sites for hydroxylation is 2. The molecule has 2 fully saturated rings. The van der Waals surface area contributed by atoms with Crippen molar-refractivity contribution in [2.24, 2.45) is 0 Å². The fraction of sp³-hybridized carbons (Fsp3) is 0.579. The van der Waals surface area contributed by atoms with Crippen LogP contribution in [0, 0.1) is 20.8 Å². The SMILES string of the molecule is Cc1nn(CCC(=O)N2CC[C@H]3[C@@H]2CCN3C(=O)c2cscn2)c(C)c1C. The van der Waals surface area contributed by atoms with Crippen molar-refractivity contribution in [2.45, 2.75) is 58.7 Å². The van der Waals surface area contributed by atoms with Gasteiger partial charge in [0.15, 0.2) is 0 Å². The van der Waals surface area contributed by atoms with Gasteiger partial charge in [-0.05, 0) is 39.2 Å². The molecule has 2 atom stereocenters. The van der Waals surface area contributed by atoms with E-state index >= 15 is 0 Å². The first kappa shape index (κ1) is 18.2. The molecule has 0 bridgehead atoms. The Morgan fingerprint density at radius 1 is 1.15 bits per heavy atom. The quantitative estimate of drug-likeness (QED) is 0.806. The van der Waals surface area contributed by atoms with Gasteiger partial charge in [0.1, 0.15) is 5.69 Å². The molecule has 2 aromatic rings. The summed E-state index contributed by atoms with van der Waals surface area (Å²) < 4.78 is 1.93. The minimum absolute atomic E-state index is 0.00355. The van der Waals surface area contributed by atoms with Gasteiger partial charge in [-0.1, -0.05) is 0 Å². The molecule has 27 heavy (non-hydrogen) atoms. The van der Waals surface area contributed by atoms with Gasteiger partial charge < -0.3 is 9.80 Å². The number of nitrogens with zero attached hydrogens (tertiary/aromatic N) is 5. The van der Waals surface area contributed by atoms with Gasteiger partial charge in [-0.25, -0.2) is 4.98 Å². The first-order chi connectivity index (χ1) is 13.0. The lowest BCUT2D eigenvalue weighted by atomic mass is 10.1. The number of amides is 2. The van der Waals surface area contributed by atoms with Crippen LogP contribution in [0.5, 0.6) is 0 Å². The van der Waals surface area contributed by atoms with E-state index in [2.05, 4.69) is 17.0 Å². The van der Waals surface area contributed by atoms with Crippen LogP contribution in [0.3, 0.4) is 0 Å². The van der Waals surface area contributed by atoms with Crippen LogP contribution in [-0.2, 0) is 11.3 Å². The van der Waals surface area contributed by atoms with Crippen molar-refractivity contribution >= 4 is 23.2 Å². The third kappa shape index (κ3) is 3.16. The Balaban J connectivity index is 1.39.